The minimum Gasteiger partial charge on any atom is -0.481 e. The van der Waals surface area contributed by atoms with Crippen LogP contribution in [0.15, 0.2) is 12.3 Å². The van der Waals surface area contributed by atoms with Gasteiger partial charge >= 0.3 is 0 Å². The molecule has 0 unspecified atom stereocenters. The normalized spacial score (nSPS) is 9.77. The zero-order valence-electron chi connectivity index (χ0n) is 6.79. The molecule has 13 heavy (non-hydrogen) atoms. The van der Waals surface area contributed by atoms with Crippen LogP contribution in [0.3, 0.4) is 0 Å². The molecule has 0 aliphatic rings. The molecule has 1 heterocycles. The third-order valence-electron chi connectivity index (χ3n) is 1.49. The lowest BCUT2D eigenvalue weighted by Crippen LogP contribution is -1.98. The number of rotatable bonds is 2. The van der Waals surface area contributed by atoms with Gasteiger partial charge in [0.15, 0.2) is 0 Å². The SMILES string of the molecule is COc1nccc(C#N)c1C(F)F. The largest absolute Gasteiger partial charge is 0.481 e. The van der Waals surface area contributed by atoms with Gasteiger partial charge in [-0.1, -0.05) is 0 Å². The first-order valence-electron chi connectivity index (χ1n) is 3.41. The maximum Gasteiger partial charge on any atom is 0.270 e. The van der Waals surface area contributed by atoms with E-state index in [1.807, 2.05) is 0 Å². The number of hydrogen-bond donors (Lipinski definition) is 0. The first kappa shape index (κ1) is 9.39. The molecule has 3 nitrogen and oxygen atoms in total. The Morgan fingerprint density at radius 3 is 2.77 bits per heavy atom. The molecule has 1 aromatic heterocycles. The highest BCUT2D eigenvalue weighted by Crippen LogP contribution is 2.29. The van der Waals surface area contributed by atoms with E-state index in [2.05, 4.69) is 9.72 Å². The van der Waals surface area contributed by atoms with Crippen molar-refractivity contribution in [1.82, 2.24) is 4.98 Å². The second-order valence-electron chi connectivity index (χ2n) is 2.19. The maximum absolute atomic E-state index is 12.4. The first-order chi connectivity index (χ1) is 6.20. The molecule has 5 heteroatoms. The predicted octanol–water partition coefficient (Wildman–Crippen LogP) is 1.90. The summed E-state index contributed by atoms with van der Waals surface area (Å²) >= 11 is 0. The summed E-state index contributed by atoms with van der Waals surface area (Å²) in [6.45, 7) is 0. The Kier molecular flexibility index (Phi) is 2.75. The monoisotopic (exact) mass is 184 g/mol. The van der Waals surface area contributed by atoms with Gasteiger partial charge in [-0.05, 0) is 6.07 Å². The number of nitriles is 1. The molecule has 0 aliphatic heterocycles. The molecule has 0 N–H and O–H groups in total. The van der Waals surface area contributed by atoms with E-state index < -0.39 is 12.0 Å². The Morgan fingerprint density at radius 2 is 2.31 bits per heavy atom. The minimum absolute atomic E-state index is 0.109. The lowest BCUT2D eigenvalue weighted by atomic mass is 10.1. The minimum atomic E-state index is -2.75. The number of alkyl halides is 2. The molecule has 0 amide bonds. The summed E-state index contributed by atoms with van der Waals surface area (Å²) in [7, 11) is 1.23. The predicted molar refractivity (Wildman–Crippen MR) is 40.5 cm³/mol. The molecule has 1 rings (SSSR count). The summed E-state index contributed by atoms with van der Waals surface area (Å²) in [6, 6.07) is 2.88. The smallest absolute Gasteiger partial charge is 0.270 e. The molecule has 68 valence electrons. The Bertz CT molecular complexity index is 346. The van der Waals surface area contributed by atoms with Crippen molar-refractivity contribution in [3.05, 3.63) is 23.4 Å². The molecule has 0 saturated carbocycles. The fraction of sp³-hybridized carbons (Fsp3) is 0.250. The molecule has 0 fully saturated rings. The fourth-order valence-electron chi connectivity index (χ4n) is 0.925. The Labute approximate surface area is 73.6 Å². The Hall–Kier alpha value is -1.70. The molecule has 0 radical (unpaired) electrons. The van der Waals surface area contributed by atoms with Gasteiger partial charge in [-0.25, -0.2) is 13.8 Å². The van der Waals surface area contributed by atoms with Gasteiger partial charge < -0.3 is 4.74 Å². The van der Waals surface area contributed by atoms with Crippen molar-refractivity contribution >= 4 is 0 Å². The van der Waals surface area contributed by atoms with Crippen LogP contribution in [0.4, 0.5) is 8.78 Å². The highest BCUT2D eigenvalue weighted by atomic mass is 19.3. The van der Waals surface area contributed by atoms with Crippen LogP contribution < -0.4 is 4.74 Å². The topological polar surface area (TPSA) is 45.9 Å². The third kappa shape index (κ3) is 1.72. The van der Waals surface area contributed by atoms with Crippen LogP contribution in [0, 0.1) is 11.3 Å². The van der Waals surface area contributed by atoms with E-state index >= 15 is 0 Å². The van der Waals surface area contributed by atoms with Crippen LogP contribution in [0.25, 0.3) is 0 Å². The van der Waals surface area contributed by atoms with Gasteiger partial charge in [0.25, 0.3) is 6.43 Å². The number of nitrogens with zero attached hydrogens (tertiary/aromatic N) is 2. The van der Waals surface area contributed by atoms with Crippen LogP contribution in [0.1, 0.15) is 17.6 Å². The average Bonchev–Trinajstić information content (AvgIpc) is 2.16. The molecule has 0 aliphatic carbocycles. The average molecular weight is 184 g/mol. The van der Waals surface area contributed by atoms with E-state index in [0.717, 1.165) is 0 Å². The van der Waals surface area contributed by atoms with Gasteiger partial charge in [0.1, 0.15) is 0 Å². The van der Waals surface area contributed by atoms with Crippen molar-refractivity contribution in [2.45, 2.75) is 6.43 Å². The van der Waals surface area contributed by atoms with Gasteiger partial charge in [0, 0.05) is 6.20 Å². The van der Waals surface area contributed by atoms with E-state index in [1.165, 1.54) is 19.4 Å². The van der Waals surface area contributed by atoms with E-state index in [-0.39, 0.29) is 11.4 Å². The molecule has 0 spiro atoms. The Balaban J connectivity index is 3.32. The molecule has 1 aromatic rings. The first-order valence-corrected chi connectivity index (χ1v) is 3.41. The van der Waals surface area contributed by atoms with Gasteiger partial charge in [-0.3, -0.25) is 0 Å². The summed E-state index contributed by atoms with van der Waals surface area (Å²) in [5, 5.41) is 8.52. The fourth-order valence-corrected chi connectivity index (χ4v) is 0.925. The number of ether oxygens (including phenoxy) is 1. The van der Waals surface area contributed by atoms with Crippen LogP contribution in [0.2, 0.25) is 0 Å². The second-order valence-corrected chi connectivity index (χ2v) is 2.19. The second kappa shape index (κ2) is 3.81. The lowest BCUT2D eigenvalue weighted by Gasteiger charge is -2.06. The van der Waals surface area contributed by atoms with Gasteiger partial charge in [0.05, 0.1) is 24.3 Å². The number of halogens is 2. The highest BCUT2D eigenvalue weighted by molar-refractivity contribution is 5.43. The third-order valence-corrected chi connectivity index (χ3v) is 1.49. The number of aromatic nitrogens is 1. The van der Waals surface area contributed by atoms with Crippen molar-refractivity contribution in [3.8, 4) is 11.9 Å². The Morgan fingerprint density at radius 1 is 1.62 bits per heavy atom. The van der Waals surface area contributed by atoms with E-state index in [9.17, 15) is 8.78 Å². The van der Waals surface area contributed by atoms with Crippen molar-refractivity contribution in [1.29, 1.82) is 5.26 Å². The molecule has 0 atom stereocenters. The van der Waals surface area contributed by atoms with Gasteiger partial charge in [-0.2, -0.15) is 5.26 Å². The number of pyridine rings is 1. The van der Waals surface area contributed by atoms with Crippen LogP contribution in [-0.4, -0.2) is 12.1 Å². The van der Waals surface area contributed by atoms with Crippen molar-refractivity contribution in [3.63, 3.8) is 0 Å². The zero-order valence-corrected chi connectivity index (χ0v) is 6.79. The van der Waals surface area contributed by atoms with Crippen molar-refractivity contribution < 1.29 is 13.5 Å². The summed E-state index contributed by atoms with van der Waals surface area (Å²) in [5.41, 5.74) is -0.561. The molecular formula is C8H6F2N2O. The highest BCUT2D eigenvalue weighted by Gasteiger charge is 2.19. The summed E-state index contributed by atoms with van der Waals surface area (Å²) in [4.78, 5) is 3.57. The van der Waals surface area contributed by atoms with Crippen LogP contribution >= 0.6 is 0 Å². The molecule has 0 saturated heterocycles. The molecule has 0 bridgehead atoms. The maximum atomic E-state index is 12.4. The van der Waals surface area contributed by atoms with Gasteiger partial charge in [-0.15, -0.1) is 0 Å². The standard InChI is InChI=1S/C8H6F2N2O/c1-13-8-6(7(9)10)5(4-11)2-3-12-8/h2-3,7H,1H3. The van der Waals surface area contributed by atoms with E-state index in [1.54, 1.807) is 6.07 Å². The number of methoxy groups -OCH3 is 1. The lowest BCUT2D eigenvalue weighted by molar-refractivity contribution is 0.145. The quantitative estimate of drug-likeness (QED) is 0.705. The van der Waals surface area contributed by atoms with Crippen molar-refractivity contribution in [2.75, 3.05) is 7.11 Å². The zero-order chi connectivity index (χ0) is 9.84. The van der Waals surface area contributed by atoms with E-state index in [4.69, 9.17) is 5.26 Å². The van der Waals surface area contributed by atoms with E-state index in [0.29, 0.717) is 0 Å². The van der Waals surface area contributed by atoms with Crippen molar-refractivity contribution in [2.24, 2.45) is 0 Å². The van der Waals surface area contributed by atoms with Crippen LogP contribution in [0.5, 0.6) is 5.88 Å². The summed E-state index contributed by atoms with van der Waals surface area (Å²) in [5.74, 6) is -0.200. The summed E-state index contributed by atoms with van der Waals surface area (Å²) in [6.07, 6.45) is -1.50. The summed E-state index contributed by atoms with van der Waals surface area (Å²) < 4.78 is 29.4. The van der Waals surface area contributed by atoms with Gasteiger partial charge in [0.2, 0.25) is 5.88 Å². The molecular weight excluding hydrogens is 178 g/mol. The van der Waals surface area contributed by atoms with Crippen LogP contribution in [-0.2, 0) is 0 Å². The number of hydrogen-bond acceptors (Lipinski definition) is 3. The molecule has 0 aromatic carbocycles.